The molecule has 16 heavy (non-hydrogen) atoms. The largest absolute Gasteiger partial charge is 0.464 e. The third-order valence-electron chi connectivity index (χ3n) is 3.07. The van der Waals surface area contributed by atoms with E-state index in [2.05, 4.69) is 31.3 Å². The van der Waals surface area contributed by atoms with Crippen molar-refractivity contribution in [2.24, 2.45) is 5.92 Å². The maximum absolute atomic E-state index is 5.49. The van der Waals surface area contributed by atoms with Crippen LogP contribution in [-0.4, -0.2) is 6.54 Å². The molecule has 0 spiro atoms. The molecule has 2 nitrogen and oxygen atoms in total. The van der Waals surface area contributed by atoms with Crippen LogP contribution in [0.1, 0.15) is 25.8 Å². The fraction of sp³-hybridized carbons (Fsp3) is 0.429. The van der Waals surface area contributed by atoms with Crippen molar-refractivity contribution in [2.75, 3.05) is 6.54 Å². The van der Waals surface area contributed by atoms with Crippen LogP contribution in [0, 0.1) is 5.92 Å². The summed E-state index contributed by atoms with van der Waals surface area (Å²) >= 11 is 0. The second kappa shape index (κ2) is 5.17. The van der Waals surface area contributed by atoms with Crippen molar-refractivity contribution in [1.29, 1.82) is 0 Å². The highest BCUT2D eigenvalue weighted by Gasteiger charge is 2.04. The number of benzene rings is 1. The van der Waals surface area contributed by atoms with E-state index in [-0.39, 0.29) is 0 Å². The van der Waals surface area contributed by atoms with Crippen molar-refractivity contribution >= 4 is 11.0 Å². The average Bonchev–Trinajstić information content (AvgIpc) is 2.73. The van der Waals surface area contributed by atoms with Gasteiger partial charge in [-0.2, -0.15) is 0 Å². The Morgan fingerprint density at radius 2 is 2.12 bits per heavy atom. The fourth-order valence-corrected chi connectivity index (χ4v) is 1.77. The van der Waals surface area contributed by atoms with E-state index in [1.54, 1.807) is 0 Å². The van der Waals surface area contributed by atoms with Gasteiger partial charge in [-0.15, -0.1) is 0 Å². The Bertz CT molecular complexity index is 447. The van der Waals surface area contributed by atoms with E-state index in [0.29, 0.717) is 0 Å². The molecule has 1 aromatic heterocycles. The first-order valence-corrected chi connectivity index (χ1v) is 5.97. The number of hydrogen-bond acceptors (Lipinski definition) is 2. The molecule has 0 saturated heterocycles. The molecule has 0 fully saturated rings. The fourth-order valence-electron chi connectivity index (χ4n) is 1.77. The maximum atomic E-state index is 5.49. The zero-order chi connectivity index (χ0) is 11.4. The van der Waals surface area contributed by atoms with E-state index < -0.39 is 0 Å². The minimum absolute atomic E-state index is 0.734. The smallest absolute Gasteiger partial charge is 0.134 e. The van der Waals surface area contributed by atoms with Crippen LogP contribution in [0.5, 0.6) is 0 Å². The van der Waals surface area contributed by atoms with Gasteiger partial charge in [0, 0.05) is 17.5 Å². The van der Waals surface area contributed by atoms with Gasteiger partial charge in [0.1, 0.15) is 5.58 Å². The van der Waals surface area contributed by atoms with Gasteiger partial charge in [-0.05, 0) is 18.5 Å². The molecule has 0 aliphatic carbocycles. The van der Waals surface area contributed by atoms with Crippen LogP contribution in [0.3, 0.4) is 0 Å². The number of rotatable bonds is 5. The van der Waals surface area contributed by atoms with Crippen molar-refractivity contribution in [3.05, 3.63) is 36.1 Å². The van der Waals surface area contributed by atoms with Crippen LogP contribution in [0.25, 0.3) is 11.0 Å². The normalized spacial score (nSPS) is 13.1. The monoisotopic (exact) mass is 217 g/mol. The summed E-state index contributed by atoms with van der Waals surface area (Å²) in [6.07, 6.45) is 3.08. The molecule has 2 aromatic rings. The summed E-state index contributed by atoms with van der Waals surface area (Å²) in [6.45, 7) is 6.44. The molecule has 1 unspecified atom stereocenters. The molecular weight excluding hydrogens is 198 g/mol. The van der Waals surface area contributed by atoms with Gasteiger partial charge in [0.05, 0.1) is 6.26 Å². The van der Waals surface area contributed by atoms with Crippen molar-refractivity contribution in [2.45, 2.75) is 26.8 Å². The molecule has 1 atom stereocenters. The van der Waals surface area contributed by atoms with Gasteiger partial charge in [-0.3, -0.25) is 0 Å². The molecule has 1 heterocycles. The minimum Gasteiger partial charge on any atom is -0.464 e. The van der Waals surface area contributed by atoms with Gasteiger partial charge < -0.3 is 9.73 Å². The predicted molar refractivity (Wildman–Crippen MR) is 67.4 cm³/mol. The van der Waals surface area contributed by atoms with E-state index >= 15 is 0 Å². The summed E-state index contributed by atoms with van der Waals surface area (Å²) in [7, 11) is 0. The number of fused-ring (bicyclic) bond motifs is 1. The Labute approximate surface area is 96.6 Å². The topological polar surface area (TPSA) is 25.2 Å². The SMILES string of the molecule is CCC(C)CNCc1coc2ccccc12. The molecule has 0 amide bonds. The van der Waals surface area contributed by atoms with Crippen molar-refractivity contribution in [3.63, 3.8) is 0 Å². The molecule has 0 aliphatic rings. The molecule has 2 rings (SSSR count). The third kappa shape index (κ3) is 2.45. The van der Waals surface area contributed by atoms with E-state index in [4.69, 9.17) is 4.42 Å². The van der Waals surface area contributed by atoms with Crippen LogP contribution in [0.15, 0.2) is 34.9 Å². The minimum atomic E-state index is 0.734. The average molecular weight is 217 g/mol. The quantitative estimate of drug-likeness (QED) is 0.828. The number of nitrogens with one attached hydrogen (secondary N) is 1. The molecule has 0 radical (unpaired) electrons. The van der Waals surface area contributed by atoms with Gasteiger partial charge in [-0.1, -0.05) is 38.5 Å². The summed E-state index contributed by atoms with van der Waals surface area (Å²) in [5, 5.41) is 4.69. The Morgan fingerprint density at radius 1 is 1.31 bits per heavy atom. The lowest BCUT2D eigenvalue weighted by Gasteiger charge is -2.08. The number of para-hydroxylation sites is 1. The summed E-state index contributed by atoms with van der Waals surface area (Å²) in [5.41, 5.74) is 2.22. The Balaban J connectivity index is 1.99. The standard InChI is InChI=1S/C14H19NO/c1-3-11(2)8-15-9-12-10-16-14-7-5-4-6-13(12)14/h4-7,10-11,15H,3,8-9H2,1-2H3. The summed E-state index contributed by atoms with van der Waals surface area (Å²) < 4.78 is 5.49. The highest BCUT2D eigenvalue weighted by molar-refractivity contribution is 5.80. The molecule has 2 heteroatoms. The van der Waals surface area contributed by atoms with Crippen molar-refractivity contribution in [3.8, 4) is 0 Å². The van der Waals surface area contributed by atoms with Crippen LogP contribution in [-0.2, 0) is 6.54 Å². The van der Waals surface area contributed by atoms with Gasteiger partial charge in [0.15, 0.2) is 0 Å². The second-order valence-electron chi connectivity index (χ2n) is 4.40. The lowest BCUT2D eigenvalue weighted by Crippen LogP contribution is -2.20. The molecule has 0 bridgehead atoms. The van der Waals surface area contributed by atoms with Gasteiger partial charge in [0.25, 0.3) is 0 Å². The summed E-state index contributed by atoms with van der Waals surface area (Å²) in [4.78, 5) is 0. The highest BCUT2D eigenvalue weighted by Crippen LogP contribution is 2.20. The van der Waals surface area contributed by atoms with Crippen molar-refractivity contribution in [1.82, 2.24) is 5.32 Å². The van der Waals surface area contributed by atoms with E-state index in [9.17, 15) is 0 Å². The predicted octanol–water partition coefficient (Wildman–Crippen LogP) is 3.57. The number of hydrogen-bond donors (Lipinski definition) is 1. The zero-order valence-corrected chi connectivity index (χ0v) is 9.99. The molecule has 86 valence electrons. The lowest BCUT2D eigenvalue weighted by molar-refractivity contribution is 0.498. The Hall–Kier alpha value is -1.28. The van der Waals surface area contributed by atoms with Crippen LogP contribution in [0.2, 0.25) is 0 Å². The van der Waals surface area contributed by atoms with Gasteiger partial charge in [-0.25, -0.2) is 0 Å². The van der Waals surface area contributed by atoms with Crippen LogP contribution in [0.4, 0.5) is 0 Å². The van der Waals surface area contributed by atoms with Crippen molar-refractivity contribution < 1.29 is 4.42 Å². The van der Waals surface area contributed by atoms with E-state index in [1.807, 2.05) is 18.4 Å². The molecule has 1 aromatic carbocycles. The Kier molecular flexibility index (Phi) is 3.62. The summed E-state index contributed by atoms with van der Waals surface area (Å²) in [6, 6.07) is 8.17. The molecule has 0 saturated carbocycles. The maximum Gasteiger partial charge on any atom is 0.134 e. The highest BCUT2D eigenvalue weighted by atomic mass is 16.3. The molecule has 0 aliphatic heterocycles. The van der Waals surface area contributed by atoms with E-state index in [0.717, 1.165) is 24.6 Å². The lowest BCUT2D eigenvalue weighted by atomic mass is 10.1. The summed E-state index contributed by atoms with van der Waals surface area (Å²) in [5.74, 6) is 0.734. The second-order valence-corrected chi connectivity index (χ2v) is 4.40. The van der Waals surface area contributed by atoms with E-state index in [1.165, 1.54) is 17.4 Å². The van der Waals surface area contributed by atoms with Crippen LogP contribution >= 0.6 is 0 Å². The number of furan rings is 1. The first kappa shape index (κ1) is 11.2. The first-order chi connectivity index (χ1) is 7.81. The molecule has 1 N–H and O–H groups in total. The van der Waals surface area contributed by atoms with Gasteiger partial charge >= 0.3 is 0 Å². The van der Waals surface area contributed by atoms with Crippen LogP contribution < -0.4 is 5.32 Å². The first-order valence-electron chi connectivity index (χ1n) is 5.97. The van der Waals surface area contributed by atoms with Gasteiger partial charge in [0.2, 0.25) is 0 Å². The zero-order valence-electron chi connectivity index (χ0n) is 9.99. The molecular formula is C14H19NO. The third-order valence-corrected chi connectivity index (χ3v) is 3.07. The Morgan fingerprint density at radius 3 is 2.94 bits per heavy atom.